The number of carbonyl (C=O) groups excluding carboxylic acids is 1. The molecule has 5 heterocycles. The molecular weight excluding hydrogens is 1120 g/mol. The zero-order valence-corrected chi connectivity index (χ0v) is 51.0. The van der Waals surface area contributed by atoms with Gasteiger partial charge < -0.3 is 108 Å². The number of hydrogen-bond donors (Lipinski definition) is 11. The van der Waals surface area contributed by atoms with Crippen LogP contribution in [0.2, 0.25) is 0 Å². The molecule has 0 radical (unpaired) electrons. The number of carbonyl (C=O) groups is 1. The van der Waals surface area contributed by atoms with Gasteiger partial charge in [-0.25, -0.2) is 8.42 Å². The number of ether oxygens (including phenoxy) is 10. The fraction of sp³-hybridized carbons (Fsp3) is 0.907. The summed E-state index contributed by atoms with van der Waals surface area (Å²) in [5.74, 6) is -0.905. The second-order valence-corrected chi connectivity index (χ2v) is 26.5. The van der Waals surface area contributed by atoms with Crippen LogP contribution in [-0.4, -0.2) is 242 Å². The molecule has 4 aliphatic carbocycles. The van der Waals surface area contributed by atoms with Crippen LogP contribution >= 0.6 is 0 Å². The minimum absolute atomic E-state index is 0. The molecule has 3 saturated carbocycles. The van der Waals surface area contributed by atoms with Crippen molar-refractivity contribution in [3.05, 3.63) is 23.3 Å². The Labute approximate surface area is 499 Å². The molecule has 82 heavy (non-hydrogen) atoms. The van der Waals surface area contributed by atoms with Crippen molar-refractivity contribution in [2.75, 3.05) is 26.9 Å². The third-order valence-electron chi connectivity index (χ3n) is 20.5. The average Bonchev–Trinajstić information content (AvgIpc) is 1.59. The summed E-state index contributed by atoms with van der Waals surface area (Å²) >= 11 is 0. The molecule has 28 heteroatoms. The largest absolute Gasteiger partial charge is 1.00 e. The molecule has 0 bridgehead atoms. The van der Waals surface area contributed by atoms with Gasteiger partial charge in [0.15, 0.2) is 25.2 Å². The van der Waals surface area contributed by atoms with Gasteiger partial charge in [-0.1, -0.05) is 51.0 Å². The van der Waals surface area contributed by atoms with E-state index in [9.17, 15) is 73.9 Å². The zero-order chi connectivity index (χ0) is 59.5. The molecule has 464 valence electrons. The van der Waals surface area contributed by atoms with Crippen LogP contribution < -0.4 is 29.6 Å². The van der Waals surface area contributed by atoms with E-state index < -0.39 is 198 Å². The summed E-state index contributed by atoms with van der Waals surface area (Å²) in [6.45, 7) is 13.1. The molecule has 9 aliphatic rings. The molecule has 0 aromatic heterocycles. The van der Waals surface area contributed by atoms with Crippen LogP contribution in [0.4, 0.5) is 0 Å². The second kappa shape index (κ2) is 24.4. The normalized spacial score (nSPS) is 50.9. The molecule has 28 atom stereocenters. The van der Waals surface area contributed by atoms with E-state index in [1.165, 1.54) is 14.0 Å². The Hall–Kier alpha value is -0.980. The van der Waals surface area contributed by atoms with Gasteiger partial charge in [0.1, 0.15) is 102 Å². The Morgan fingerprint density at radius 3 is 1.91 bits per heavy atom. The van der Waals surface area contributed by atoms with Crippen molar-refractivity contribution in [3.8, 4) is 0 Å². The van der Waals surface area contributed by atoms with Crippen molar-refractivity contribution < 1.29 is 155 Å². The summed E-state index contributed by atoms with van der Waals surface area (Å²) < 4.78 is 99.6. The Balaban J connectivity index is 0.00000880. The molecule has 5 aliphatic heterocycles. The van der Waals surface area contributed by atoms with Crippen molar-refractivity contribution in [2.45, 2.75) is 247 Å². The number of cyclic esters (lactones) is 1. The Kier molecular flexibility index (Phi) is 19.9. The number of fused-ring (bicyclic) bond motifs is 4. The zero-order valence-electron chi connectivity index (χ0n) is 48.2. The van der Waals surface area contributed by atoms with Gasteiger partial charge in [-0.15, -0.1) is 0 Å². The van der Waals surface area contributed by atoms with E-state index in [4.69, 9.17) is 47.4 Å². The summed E-state index contributed by atoms with van der Waals surface area (Å²) in [6.07, 6.45) is -26.8. The van der Waals surface area contributed by atoms with Crippen LogP contribution in [0.1, 0.15) is 107 Å². The molecule has 11 N–H and O–H groups in total. The molecule has 1 spiro atoms. The standard InChI is InChI=1S/C54H86O26S.Na/c1-23(2)11-10-15-52(8)53(66)18-17-51(7)25-12-13-30-49(4,5)32(14-16-50(30,6)26(25)19-31(57)54(51,53)48(65)79-52)75-47-43(35(60)29(22-71-47)80-81(67,68)69)78-44-37(62)36(61)40(24(3)72-44)76-46-39(64)42(34(59)28(21-56)74-46)77-45-38(63)41(70-9)33(58)27(20-55)73-45;/h11,19,24-25,27-47,55-64,66H,10,12-18,20-22H2,1-9H3,(H,67,68,69);/q;+1/p-1/t24-,25-,27-,28-,29-,30+,31+,32+,33-,34-,35+,36-,37-,38-,39-,40-,41+,42+,43-,44+,45+,46+,47+,50-,51+,52+,53+,54-;/m1./s1. The predicted molar refractivity (Wildman–Crippen MR) is 272 cm³/mol. The third kappa shape index (κ3) is 10.9. The molecular formula is C54H85NaO26S. The molecule has 9 rings (SSSR count). The number of methoxy groups -OCH3 is 1. The van der Waals surface area contributed by atoms with E-state index in [1.54, 1.807) is 13.0 Å². The van der Waals surface area contributed by atoms with Gasteiger partial charge in [-0.3, -0.25) is 8.98 Å². The van der Waals surface area contributed by atoms with E-state index >= 15 is 0 Å². The summed E-state index contributed by atoms with van der Waals surface area (Å²) in [5, 5.41) is 124. The Bertz CT molecular complexity index is 2450. The number of allylic oxidation sites excluding steroid dienone is 3. The SMILES string of the molecule is CO[C@@H]1[C@@H](O)[C@H](O[C@@H]2[C@@H](O)[C@H](O[C@H]3[C@H](O)[C@@H](O)[C@H](O[C@H]4[C@H](O[C@H]5CC[C@]6(C)C7=C[C@H](O)[C@]89C(=O)O[C@@](C)(CCC=C(C)C)[C@@]8(O)CC[C@@]9(C)[C@@H]7CC[C@H]6C5(C)C)OC[C@@H](OS(=O)(=O)[O-])[C@@H]4O)O[C@@H]3C)O[C@H](CO)[C@H]2O)O[C@H](CO)[C@H]1O.[Na+]. The number of hydrogen-bond acceptors (Lipinski definition) is 26. The van der Waals surface area contributed by atoms with E-state index in [1.807, 2.05) is 40.7 Å². The first-order valence-electron chi connectivity index (χ1n) is 28.1. The van der Waals surface area contributed by atoms with Gasteiger partial charge in [0.05, 0.1) is 38.1 Å². The maximum atomic E-state index is 14.5. The number of rotatable bonds is 16. The minimum Gasteiger partial charge on any atom is -0.726 e. The molecule has 0 aromatic carbocycles. The molecule has 26 nitrogen and oxygen atoms in total. The maximum Gasteiger partial charge on any atom is 1.00 e. The van der Waals surface area contributed by atoms with Crippen molar-refractivity contribution in [1.29, 1.82) is 0 Å². The van der Waals surface area contributed by atoms with E-state index in [0.29, 0.717) is 44.9 Å². The topological polar surface area (TPSA) is 398 Å². The number of aliphatic hydroxyl groups is 11. The first kappa shape index (κ1) is 67.0. The molecule has 0 aromatic rings. The fourth-order valence-electron chi connectivity index (χ4n) is 16.2. The van der Waals surface area contributed by atoms with Crippen molar-refractivity contribution in [3.63, 3.8) is 0 Å². The van der Waals surface area contributed by atoms with Crippen molar-refractivity contribution in [2.24, 2.45) is 33.5 Å². The average molecular weight is 1210 g/mol. The van der Waals surface area contributed by atoms with Gasteiger partial charge in [0.25, 0.3) is 0 Å². The Morgan fingerprint density at radius 1 is 0.732 bits per heavy atom. The van der Waals surface area contributed by atoms with Gasteiger partial charge in [0.2, 0.25) is 10.4 Å². The summed E-state index contributed by atoms with van der Waals surface area (Å²) in [5.41, 5.74) is -4.51. The minimum atomic E-state index is -5.44. The van der Waals surface area contributed by atoms with E-state index in [2.05, 4.69) is 11.1 Å². The second-order valence-electron chi connectivity index (χ2n) is 25.5. The van der Waals surface area contributed by atoms with Crippen LogP contribution in [0.15, 0.2) is 23.3 Å². The molecule has 8 fully saturated rings. The first-order valence-corrected chi connectivity index (χ1v) is 29.5. The summed E-state index contributed by atoms with van der Waals surface area (Å²) in [7, 11) is -4.26. The van der Waals surface area contributed by atoms with Crippen molar-refractivity contribution in [1.82, 2.24) is 0 Å². The number of aliphatic hydroxyl groups excluding tert-OH is 10. The van der Waals surface area contributed by atoms with Crippen LogP contribution in [0.3, 0.4) is 0 Å². The monoisotopic (exact) mass is 1200 g/mol. The molecule has 5 saturated heterocycles. The van der Waals surface area contributed by atoms with Gasteiger partial charge in [-0.2, -0.15) is 0 Å². The van der Waals surface area contributed by atoms with Crippen LogP contribution in [0.25, 0.3) is 0 Å². The van der Waals surface area contributed by atoms with E-state index in [-0.39, 0.29) is 47.8 Å². The van der Waals surface area contributed by atoms with E-state index in [0.717, 1.165) is 11.1 Å². The van der Waals surface area contributed by atoms with Gasteiger partial charge in [-0.05, 0) is 107 Å². The fourth-order valence-corrected chi connectivity index (χ4v) is 16.7. The summed E-state index contributed by atoms with van der Waals surface area (Å²) in [6, 6.07) is 0. The molecule has 0 amide bonds. The predicted octanol–water partition coefficient (Wildman–Crippen LogP) is -4.81. The maximum absolute atomic E-state index is 14.5. The smallest absolute Gasteiger partial charge is 0.726 e. The van der Waals surface area contributed by atoms with Gasteiger partial charge in [0, 0.05) is 7.11 Å². The van der Waals surface area contributed by atoms with Crippen LogP contribution in [-0.2, 0) is 66.7 Å². The summed E-state index contributed by atoms with van der Waals surface area (Å²) in [4.78, 5) is 14.5. The number of esters is 1. The third-order valence-corrected chi connectivity index (χ3v) is 21.0. The van der Waals surface area contributed by atoms with Crippen LogP contribution in [0, 0.1) is 33.5 Å². The van der Waals surface area contributed by atoms with Gasteiger partial charge >= 0.3 is 35.5 Å². The van der Waals surface area contributed by atoms with Crippen molar-refractivity contribution >= 4 is 16.4 Å². The quantitative estimate of drug-likeness (QED) is 0.0172. The Morgan fingerprint density at radius 2 is 1.32 bits per heavy atom. The van der Waals surface area contributed by atoms with Crippen LogP contribution in [0.5, 0.6) is 0 Å². The first-order chi connectivity index (χ1) is 37.8. The molecule has 0 unspecified atom stereocenters.